The quantitative estimate of drug-likeness (QED) is 0.831. The molecule has 0 fully saturated rings. The number of nitrogens with zero attached hydrogens (tertiary/aromatic N) is 1. The van der Waals surface area contributed by atoms with Gasteiger partial charge in [-0.05, 0) is 18.2 Å². The summed E-state index contributed by atoms with van der Waals surface area (Å²) in [4.78, 5) is 15.7. The third-order valence-electron chi connectivity index (χ3n) is 2.17. The van der Waals surface area contributed by atoms with E-state index in [-0.39, 0.29) is 21.5 Å². The van der Waals surface area contributed by atoms with E-state index in [0.717, 1.165) is 0 Å². The van der Waals surface area contributed by atoms with Crippen molar-refractivity contribution in [1.29, 1.82) is 0 Å². The first-order chi connectivity index (χ1) is 8.56. The summed E-state index contributed by atoms with van der Waals surface area (Å²) < 4.78 is 0. The maximum atomic E-state index is 11.9. The van der Waals surface area contributed by atoms with E-state index in [4.69, 9.17) is 23.2 Å². The molecule has 1 amide bonds. The van der Waals surface area contributed by atoms with Crippen LogP contribution in [0.25, 0.3) is 0 Å². The second-order valence-electron chi connectivity index (χ2n) is 3.49. The van der Waals surface area contributed by atoms with Gasteiger partial charge in [0.2, 0.25) is 0 Å². The van der Waals surface area contributed by atoms with Crippen molar-refractivity contribution < 1.29 is 9.90 Å². The fraction of sp³-hybridized carbons (Fsp3) is 0. The van der Waals surface area contributed by atoms with E-state index >= 15 is 0 Å². The molecule has 0 bridgehead atoms. The van der Waals surface area contributed by atoms with E-state index in [1.165, 1.54) is 24.4 Å². The van der Waals surface area contributed by atoms with Gasteiger partial charge in [-0.1, -0.05) is 29.3 Å². The third kappa shape index (κ3) is 2.91. The number of anilines is 1. The van der Waals surface area contributed by atoms with Crippen LogP contribution in [0.2, 0.25) is 10.2 Å². The van der Waals surface area contributed by atoms with Gasteiger partial charge < -0.3 is 10.4 Å². The molecule has 0 radical (unpaired) electrons. The highest BCUT2D eigenvalue weighted by Gasteiger charge is 2.12. The Bertz CT molecular complexity index is 602. The Hall–Kier alpha value is -1.78. The highest BCUT2D eigenvalue weighted by atomic mass is 35.5. The first-order valence-corrected chi connectivity index (χ1v) is 5.73. The van der Waals surface area contributed by atoms with Crippen LogP contribution in [0.3, 0.4) is 0 Å². The highest BCUT2D eigenvalue weighted by Crippen LogP contribution is 2.21. The molecule has 2 aromatic rings. The van der Waals surface area contributed by atoms with Crippen molar-refractivity contribution in [2.24, 2.45) is 0 Å². The number of benzene rings is 1. The first-order valence-electron chi connectivity index (χ1n) is 4.97. The normalized spacial score (nSPS) is 10.1. The Morgan fingerprint density at radius 1 is 1.28 bits per heavy atom. The number of aromatic nitrogens is 1. The molecular weight excluding hydrogens is 275 g/mol. The molecule has 0 aliphatic heterocycles. The van der Waals surface area contributed by atoms with Crippen LogP contribution in [0.4, 0.5) is 5.69 Å². The number of hydrogen-bond acceptors (Lipinski definition) is 3. The van der Waals surface area contributed by atoms with Gasteiger partial charge in [0.1, 0.15) is 10.9 Å². The topological polar surface area (TPSA) is 62.2 Å². The zero-order chi connectivity index (χ0) is 13.1. The molecule has 0 spiro atoms. The van der Waals surface area contributed by atoms with Crippen LogP contribution in [-0.2, 0) is 0 Å². The fourth-order valence-electron chi connectivity index (χ4n) is 1.37. The lowest BCUT2D eigenvalue weighted by Gasteiger charge is -2.07. The van der Waals surface area contributed by atoms with Gasteiger partial charge in [-0.2, -0.15) is 0 Å². The van der Waals surface area contributed by atoms with Gasteiger partial charge in [-0.15, -0.1) is 0 Å². The smallest absolute Gasteiger partial charge is 0.257 e. The molecule has 0 atom stereocenters. The van der Waals surface area contributed by atoms with Crippen molar-refractivity contribution in [2.75, 3.05) is 5.32 Å². The summed E-state index contributed by atoms with van der Waals surface area (Å²) in [5.74, 6) is -0.360. The van der Waals surface area contributed by atoms with E-state index in [1.807, 2.05) is 0 Å². The maximum Gasteiger partial charge on any atom is 0.257 e. The van der Waals surface area contributed by atoms with Crippen LogP contribution in [-0.4, -0.2) is 16.0 Å². The summed E-state index contributed by atoms with van der Waals surface area (Å²) in [6.45, 7) is 0. The van der Waals surface area contributed by atoms with Crippen molar-refractivity contribution in [3.8, 4) is 5.75 Å². The molecule has 0 unspecified atom stereocenters. The number of hydrogen-bond donors (Lipinski definition) is 2. The Kier molecular flexibility index (Phi) is 3.69. The number of halogens is 2. The number of rotatable bonds is 2. The lowest BCUT2D eigenvalue weighted by atomic mass is 10.2. The molecule has 0 saturated carbocycles. The maximum absolute atomic E-state index is 11.9. The van der Waals surface area contributed by atoms with Crippen molar-refractivity contribution in [3.63, 3.8) is 0 Å². The van der Waals surface area contributed by atoms with Gasteiger partial charge in [-0.3, -0.25) is 4.79 Å². The van der Waals surface area contributed by atoms with E-state index in [1.54, 1.807) is 12.1 Å². The minimum Gasteiger partial charge on any atom is -0.508 e. The lowest BCUT2D eigenvalue weighted by molar-refractivity contribution is 0.102. The van der Waals surface area contributed by atoms with Gasteiger partial charge in [0, 0.05) is 18.0 Å². The number of pyridine rings is 1. The second-order valence-corrected chi connectivity index (χ2v) is 4.29. The summed E-state index contributed by atoms with van der Waals surface area (Å²) in [5.41, 5.74) is 0.684. The van der Waals surface area contributed by atoms with Crippen LogP contribution < -0.4 is 5.32 Å². The van der Waals surface area contributed by atoms with Crippen molar-refractivity contribution in [2.45, 2.75) is 0 Å². The molecule has 0 saturated heterocycles. The molecule has 2 rings (SSSR count). The average molecular weight is 283 g/mol. The van der Waals surface area contributed by atoms with Crippen LogP contribution in [0.1, 0.15) is 10.4 Å². The fourth-order valence-corrected chi connectivity index (χ4v) is 1.72. The van der Waals surface area contributed by atoms with Gasteiger partial charge in [0.05, 0.1) is 10.6 Å². The van der Waals surface area contributed by atoms with E-state index in [9.17, 15) is 9.90 Å². The summed E-state index contributed by atoms with van der Waals surface area (Å²) >= 11 is 11.6. The summed E-state index contributed by atoms with van der Waals surface area (Å²) in [6, 6.07) is 7.57. The average Bonchev–Trinajstić information content (AvgIpc) is 2.32. The van der Waals surface area contributed by atoms with Crippen LogP contribution in [0.15, 0.2) is 36.5 Å². The molecule has 6 heteroatoms. The van der Waals surface area contributed by atoms with Gasteiger partial charge in [0.15, 0.2) is 0 Å². The number of carbonyl (C=O) groups excluding carboxylic acids is 1. The van der Waals surface area contributed by atoms with Crippen molar-refractivity contribution >= 4 is 34.8 Å². The molecule has 0 aliphatic rings. The number of aromatic hydroxyl groups is 1. The molecule has 4 nitrogen and oxygen atoms in total. The number of phenols is 1. The van der Waals surface area contributed by atoms with Crippen LogP contribution in [0, 0.1) is 0 Å². The predicted molar refractivity (Wildman–Crippen MR) is 70.3 cm³/mol. The molecular formula is C12H8Cl2N2O2. The summed E-state index contributed by atoms with van der Waals surface area (Å²) in [5, 5.41) is 12.3. The van der Waals surface area contributed by atoms with Crippen molar-refractivity contribution in [1.82, 2.24) is 4.98 Å². The first kappa shape index (κ1) is 12.7. The van der Waals surface area contributed by atoms with E-state index in [2.05, 4.69) is 10.3 Å². The monoisotopic (exact) mass is 282 g/mol. The highest BCUT2D eigenvalue weighted by molar-refractivity contribution is 6.35. The summed E-state index contributed by atoms with van der Waals surface area (Å²) in [6.07, 6.45) is 1.31. The van der Waals surface area contributed by atoms with E-state index in [0.29, 0.717) is 5.69 Å². The lowest BCUT2D eigenvalue weighted by Crippen LogP contribution is -2.12. The Labute approximate surface area is 113 Å². The number of amides is 1. The second kappa shape index (κ2) is 5.25. The Morgan fingerprint density at radius 3 is 2.78 bits per heavy atom. The van der Waals surface area contributed by atoms with E-state index < -0.39 is 5.91 Å². The number of nitrogens with one attached hydrogen (secondary N) is 1. The minimum atomic E-state index is -0.421. The standard InChI is InChI=1S/C12H8Cl2N2O2/c13-10-6-15-11(14)5-9(10)12(18)16-7-2-1-3-8(17)4-7/h1-6,17H,(H,16,18). The predicted octanol–water partition coefficient (Wildman–Crippen LogP) is 3.35. The summed E-state index contributed by atoms with van der Waals surface area (Å²) in [7, 11) is 0. The van der Waals surface area contributed by atoms with Gasteiger partial charge in [0.25, 0.3) is 5.91 Å². The molecule has 1 aromatic heterocycles. The largest absolute Gasteiger partial charge is 0.508 e. The molecule has 1 heterocycles. The van der Waals surface area contributed by atoms with Crippen molar-refractivity contribution in [3.05, 3.63) is 52.3 Å². The Balaban J connectivity index is 2.24. The molecule has 0 aliphatic carbocycles. The zero-order valence-corrected chi connectivity index (χ0v) is 10.5. The number of phenolic OH excluding ortho intramolecular Hbond substituents is 1. The van der Waals surface area contributed by atoms with Crippen LogP contribution in [0.5, 0.6) is 5.75 Å². The van der Waals surface area contributed by atoms with Crippen LogP contribution >= 0.6 is 23.2 Å². The third-order valence-corrected chi connectivity index (χ3v) is 2.68. The molecule has 1 aromatic carbocycles. The van der Waals surface area contributed by atoms with Gasteiger partial charge >= 0.3 is 0 Å². The molecule has 2 N–H and O–H groups in total. The van der Waals surface area contributed by atoms with Gasteiger partial charge in [-0.25, -0.2) is 4.98 Å². The number of carbonyl (C=O) groups is 1. The minimum absolute atomic E-state index is 0.0617. The zero-order valence-electron chi connectivity index (χ0n) is 9.02. The SMILES string of the molecule is O=C(Nc1cccc(O)c1)c1cc(Cl)ncc1Cl. The molecule has 92 valence electrons. The molecule has 18 heavy (non-hydrogen) atoms. The Morgan fingerprint density at radius 2 is 2.06 bits per heavy atom.